The zero-order chi connectivity index (χ0) is 14.7. The van der Waals surface area contributed by atoms with Crippen LogP contribution in [-0.4, -0.2) is 5.91 Å². The average molecular weight is 277 g/mol. The SMILES string of the molecule is NC(=O)c1ccc2cc(OCc3ccccc3)ccc2c1. The van der Waals surface area contributed by atoms with Crippen molar-refractivity contribution in [3.63, 3.8) is 0 Å². The number of nitrogens with two attached hydrogens (primary N) is 1. The molecule has 0 aliphatic heterocycles. The van der Waals surface area contributed by atoms with Gasteiger partial charge in [0.15, 0.2) is 0 Å². The first-order valence-corrected chi connectivity index (χ1v) is 6.73. The maximum absolute atomic E-state index is 11.2. The molecule has 0 aromatic heterocycles. The molecule has 0 atom stereocenters. The second kappa shape index (κ2) is 5.67. The fourth-order valence-electron chi connectivity index (χ4n) is 2.21. The number of carbonyl (C=O) groups is 1. The van der Waals surface area contributed by atoms with E-state index in [4.69, 9.17) is 10.5 Å². The first-order chi connectivity index (χ1) is 10.2. The van der Waals surface area contributed by atoms with E-state index in [9.17, 15) is 4.79 Å². The molecule has 3 nitrogen and oxygen atoms in total. The van der Waals surface area contributed by atoms with Gasteiger partial charge in [-0.2, -0.15) is 0 Å². The molecule has 0 aliphatic rings. The van der Waals surface area contributed by atoms with Crippen LogP contribution < -0.4 is 10.5 Å². The number of ether oxygens (including phenoxy) is 1. The van der Waals surface area contributed by atoms with E-state index in [-0.39, 0.29) is 0 Å². The normalized spacial score (nSPS) is 10.5. The molecular formula is C18H15NO2. The lowest BCUT2D eigenvalue weighted by molar-refractivity contribution is 0.100. The van der Waals surface area contributed by atoms with Gasteiger partial charge in [0.1, 0.15) is 12.4 Å². The first-order valence-electron chi connectivity index (χ1n) is 6.73. The Bertz CT molecular complexity index is 782. The molecule has 3 heteroatoms. The third-order valence-corrected chi connectivity index (χ3v) is 3.34. The summed E-state index contributed by atoms with van der Waals surface area (Å²) in [5.41, 5.74) is 6.92. The second-order valence-electron chi connectivity index (χ2n) is 4.86. The molecule has 2 N–H and O–H groups in total. The fraction of sp³-hybridized carbons (Fsp3) is 0.0556. The Balaban J connectivity index is 1.81. The van der Waals surface area contributed by atoms with Crippen molar-refractivity contribution in [2.24, 2.45) is 5.73 Å². The molecule has 1 amide bonds. The predicted molar refractivity (Wildman–Crippen MR) is 83.2 cm³/mol. The number of rotatable bonds is 4. The van der Waals surface area contributed by atoms with Crippen LogP contribution in [-0.2, 0) is 6.61 Å². The molecule has 21 heavy (non-hydrogen) atoms. The van der Waals surface area contributed by atoms with Crippen molar-refractivity contribution >= 4 is 16.7 Å². The predicted octanol–water partition coefficient (Wildman–Crippen LogP) is 3.52. The van der Waals surface area contributed by atoms with Gasteiger partial charge < -0.3 is 10.5 Å². The molecule has 3 aromatic rings. The molecule has 0 saturated heterocycles. The van der Waals surface area contributed by atoms with Gasteiger partial charge in [0.2, 0.25) is 5.91 Å². The summed E-state index contributed by atoms with van der Waals surface area (Å²) < 4.78 is 5.79. The Morgan fingerprint density at radius 3 is 2.38 bits per heavy atom. The number of primary amides is 1. The van der Waals surface area contributed by atoms with E-state index in [1.54, 1.807) is 12.1 Å². The molecule has 0 spiro atoms. The van der Waals surface area contributed by atoms with Crippen molar-refractivity contribution in [2.45, 2.75) is 6.61 Å². The van der Waals surface area contributed by atoms with Gasteiger partial charge in [-0.1, -0.05) is 42.5 Å². The van der Waals surface area contributed by atoms with E-state index >= 15 is 0 Å². The number of hydrogen-bond donors (Lipinski definition) is 1. The van der Waals surface area contributed by atoms with Crippen LogP contribution in [0, 0.1) is 0 Å². The van der Waals surface area contributed by atoms with Crippen molar-refractivity contribution in [3.8, 4) is 5.75 Å². The molecule has 3 aromatic carbocycles. The largest absolute Gasteiger partial charge is 0.489 e. The van der Waals surface area contributed by atoms with Crippen LogP contribution in [0.4, 0.5) is 0 Å². The molecule has 0 bridgehead atoms. The molecular weight excluding hydrogens is 262 g/mol. The molecule has 0 radical (unpaired) electrons. The summed E-state index contributed by atoms with van der Waals surface area (Å²) in [7, 11) is 0. The topological polar surface area (TPSA) is 52.3 Å². The summed E-state index contributed by atoms with van der Waals surface area (Å²) in [5, 5.41) is 1.99. The van der Waals surface area contributed by atoms with E-state index in [0.717, 1.165) is 22.1 Å². The van der Waals surface area contributed by atoms with Gasteiger partial charge in [0.05, 0.1) is 0 Å². The summed E-state index contributed by atoms with van der Waals surface area (Å²) in [6, 6.07) is 21.2. The Morgan fingerprint density at radius 2 is 1.62 bits per heavy atom. The van der Waals surface area contributed by atoms with Crippen molar-refractivity contribution in [2.75, 3.05) is 0 Å². The Labute approximate surface area is 123 Å². The number of benzene rings is 3. The molecule has 0 fully saturated rings. The highest BCUT2D eigenvalue weighted by Crippen LogP contribution is 2.22. The van der Waals surface area contributed by atoms with Gasteiger partial charge in [0.25, 0.3) is 0 Å². The standard InChI is InChI=1S/C18H15NO2/c19-18(20)16-7-6-15-11-17(9-8-14(15)10-16)21-12-13-4-2-1-3-5-13/h1-11H,12H2,(H2,19,20). The molecule has 3 rings (SSSR count). The highest BCUT2D eigenvalue weighted by Gasteiger charge is 2.03. The molecule has 104 valence electrons. The zero-order valence-electron chi connectivity index (χ0n) is 11.5. The van der Waals surface area contributed by atoms with Crippen LogP contribution in [0.15, 0.2) is 66.7 Å². The van der Waals surface area contributed by atoms with E-state index in [1.165, 1.54) is 0 Å². The quantitative estimate of drug-likeness (QED) is 0.793. The van der Waals surface area contributed by atoms with Gasteiger partial charge >= 0.3 is 0 Å². The monoisotopic (exact) mass is 277 g/mol. The van der Waals surface area contributed by atoms with Crippen molar-refractivity contribution in [1.82, 2.24) is 0 Å². The number of amides is 1. The second-order valence-corrected chi connectivity index (χ2v) is 4.86. The van der Waals surface area contributed by atoms with Gasteiger partial charge in [-0.25, -0.2) is 0 Å². The lowest BCUT2D eigenvalue weighted by Crippen LogP contribution is -2.10. The van der Waals surface area contributed by atoms with Crippen LogP contribution in [0.2, 0.25) is 0 Å². The molecule has 0 unspecified atom stereocenters. The van der Waals surface area contributed by atoms with Crippen LogP contribution >= 0.6 is 0 Å². The highest BCUT2D eigenvalue weighted by atomic mass is 16.5. The minimum Gasteiger partial charge on any atom is -0.489 e. The maximum Gasteiger partial charge on any atom is 0.248 e. The minimum absolute atomic E-state index is 0.415. The van der Waals surface area contributed by atoms with E-state index in [0.29, 0.717) is 12.2 Å². The lowest BCUT2D eigenvalue weighted by atomic mass is 10.1. The Kier molecular flexibility index (Phi) is 3.56. The van der Waals surface area contributed by atoms with Gasteiger partial charge in [0, 0.05) is 5.56 Å². The summed E-state index contributed by atoms with van der Waals surface area (Å²) in [5.74, 6) is 0.388. The third kappa shape index (κ3) is 3.03. The van der Waals surface area contributed by atoms with Gasteiger partial charge in [-0.15, -0.1) is 0 Å². The van der Waals surface area contributed by atoms with Crippen LogP contribution in [0.1, 0.15) is 15.9 Å². The third-order valence-electron chi connectivity index (χ3n) is 3.34. The van der Waals surface area contributed by atoms with E-state index in [2.05, 4.69) is 0 Å². The first kappa shape index (κ1) is 13.2. The maximum atomic E-state index is 11.2. The number of carbonyl (C=O) groups excluding carboxylic acids is 1. The zero-order valence-corrected chi connectivity index (χ0v) is 11.5. The van der Waals surface area contributed by atoms with Crippen LogP contribution in [0.5, 0.6) is 5.75 Å². The Hall–Kier alpha value is -2.81. The molecule has 0 heterocycles. The smallest absolute Gasteiger partial charge is 0.248 e. The fourth-order valence-corrected chi connectivity index (χ4v) is 2.21. The van der Waals surface area contributed by atoms with Crippen LogP contribution in [0.25, 0.3) is 10.8 Å². The minimum atomic E-state index is -0.415. The van der Waals surface area contributed by atoms with E-state index in [1.807, 2.05) is 54.6 Å². The summed E-state index contributed by atoms with van der Waals surface area (Å²) in [4.78, 5) is 11.2. The Morgan fingerprint density at radius 1 is 0.905 bits per heavy atom. The highest BCUT2D eigenvalue weighted by molar-refractivity contribution is 5.97. The summed E-state index contributed by atoms with van der Waals surface area (Å²) in [6.07, 6.45) is 0. The summed E-state index contributed by atoms with van der Waals surface area (Å²) >= 11 is 0. The van der Waals surface area contributed by atoms with Crippen molar-refractivity contribution in [1.29, 1.82) is 0 Å². The number of fused-ring (bicyclic) bond motifs is 1. The number of hydrogen-bond acceptors (Lipinski definition) is 2. The summed E-state index contributed by atoms with van der Waals surface area (Å²) in [6.45, 7) is 0.533. The van der Waals surface area contributed by atoms with E-state index < -0.39 is 5.91 Å². The van der Waals surface area contributed by atoms with Crippen molar-refractivity contribution in [3.05, 3.63) is 77.9 Å². The average Bonchev–Trinajstić information content (AvgIpc) is 2.53. The van der Waals surface area contributed by atoms with Crippen LogP contribution in [0.3, 0.4) is 0 Å². The van der Waals surface area contributed by atoms with Crippen molar-refractivity contribution < 1.29 is 9.53 Å². The lowest BCUT2D eigenvalue weighted by Gasteiger charge is -2.08. The van der Waals surface area contributed by atoms with Gasteiger partial charge in [-0.3, -0.25) is 4.79 Å². The molecule has 0 saturated carbocycles. The van der Waals surface area contributed by atoms with Gasteiger partial charge in [-0.05, 0) is 40.6 Å². The molecule has 0 aliphatic carbocycles.